The number of carbonyl (C=O) groups is 3. The fourth-order valence-electron chi connectivity index (χ4n) is 1.59. The average Bonchev–Trinajstić information content (AvgIpc) is 2.51. The summed E-state index contributed by atoms with van der Waals surface area (Å²) in [6.45, 7) is 1.56. The number of hydrogen-bond acceptors (Lipinski definition) is 4. The molecule has 0 aliphatic carbocycles. The van der Waals surface area contributed by atoms with Crippen molar-refractivity contribution in [3.05, 3.63) is 23.8 Å². The van der Waals surface area contributed by atoms with Gasteiger partial charge in [-0.2, -0.15) is 0 Å². The smallest absolute Gasteiger partial charge is 0.251 e. The SMILES string of the molecule is CCC(=O)NCC(=O)Nc1cc(C(=O)NC)ccc1OC. The summed E-state index contributed by atoms with van der Waals surface area (Å²) in [5.41, 5.74) is 0.764. The normalized spacial score (nSPS) is 9.67. The van der Waals surface area contributed by atoms with E-state index in [1.807, 2.05) is 0 Å². The van der Waals surface area contributed by atoms with E-state index in [0.717, 1.165) is 0 Å². The Morgan fingerprint density at radius 1 is 1.19 bits per heavy atom. The summed E-state index contributed by atoms with van der Waals surface area (Å²) in [5.74, 6) is -0.453. The molecule has 0 bridgehead atoms. The molecule has 3 amide bonds. The van der Waals surface area contributed by atoms with E-state index < -0.39 is 5.91 Å². The zero-order valence-corrected chi connectivity index (χ0v) is 12.3. The van der Waals surface area contributed by atoms with E-state index in [1.54, 1.807) is 19.1 Å². The summed E-state index contributed by atoms with van der Waals surface area (Å²) < 4.78 is 5.13. The Kier molecular flexibility index (Phi) is 6.19. The van der Waals surface area contributed by atoms with Crippen molar-refractivity contribution in [3.8, 4) is 5.75 Å². The number of hydrogen-bond donors (Lipinski definition) is 3. The van der Waals surface area contributed by atoms with Crippen LogP contribution in [0.3, 0.4) is 0 Å². The van der Waals surface area contributed by atoms with Crippen LogP contribution in [-0.2, 0) is 9.59 Å². The molecule has 0 spiro atoms. The Morgan fingerprint density at radius 3 is 2.48 bits per heavy atom. The molecule has 0 heterocycles. The second-order valence-corrected chi connectivity index (χ2v) is 4.17. The molecule has 1 aromatic carbocycles. The molecule has 0 aliphatic heterocycles. The second-order valence-electron chi connectivity index (χ2n) is 4.17. The maximum absolute atomic E-state index is 11.8. The zero-order chi connectivity index (χ0) is 15.8. The van der Waals surface area contributed by atoms with E-state index >= 15 is 0 Å². The topological polar surface area (TPSA) is 96.5 Å². The van der Waals surface area contributed by atoms with Crippen molar-refractivity contribution in [2.75, 3.05) is 26.0 Å². The van der Waals surface area contributed by atoms with Gasteiger partial charge in [-0.15, -0.1) is 0 Å². The van der Waals surface area contributed by atoms with Crippen molar-refractivity contribution >= 4 is 23.4 Å². The van der Waals surface area contributed by atoms with Gasteiger partial charge in [0.25, 0.3) is 5.91 Å². The molecule has 0 aliphatic rings. The maximum Gasteiger partial charge on any atom is 0.251 e. The van der Waals surface area contributed by atoms with Crippen LogP contribution in [0.5, 0.6) is 5.75 Å². The molecular weight excluding hydrogens is 274 g/mol. The van der Waals surface area contributed by atoms with Gasteiger partial charge < -0.3 is 20.7 Å². The quantitative estimate of drug-likeness (QED) is 0.712. The lowest BCUT2D eigenvalue weighted by atomic mass is 10.1. The van der Waals surface area contributed by atoms with Gasteiger partial charge in [0.05, 0.1) is 19.3 Å². The highest BCUT2D eigenvalue weighted by Gasteiger charge is 2.12. The van der Waals surface area contributed by atoms with Crippen LogP contribution in [0.15, 0.2) is 18.2 Å². The lowest BCUT2D eigenvalue weighted by molar-refractivity contribution is -0.123. The van der Waals surface area contributed by atoms with E-state index in [4.69, 9.17) is 4.74 Å². The Bertz CT molecular complexity index is 543. The van der Waals surface area contributed by atoms with Crippen molar-refractivity contribution in [3.63, 3.8) is 0 Å². The lowest BCUT2D eigenvalue weighted by Crippen LogP contribution is -2.32. The van der Waals surface area contributed by atoms with Gasteiger partial charge in [0.15, 0.2) is 0 Å². The monoisotopic (exact) mass is 293 g/mol. The van der Waals surface area contributed by atoms with E-state index in [2.05, 4.69) is 16.0 Å². The number of methoxy groups -OCH3 is 1. The third-order valence-corrected chi connectivity index (χ3v) is 2.73. The summed E-state index contributed by atoms with van der Waals surface area (Å²) in [5, 5.41) is 7.57. The van der Waals surface area contributed by atoms with Crippen LogP contribution in [0, 0.1) is 0 Å². The molecule has 1 rings (SSSR count). The molecule has 0 saturated heterocycles. The Labute approximate surface area is 123 Å². The summed E-state index contributed by atoms with van der Waals surface area (Å²) in [4.78, 5) is 34.5. The molecule has 3 N–H and O–H groups in total. The van der Waals surface area contributed by atoms with Gasteiger partial charge in [-0.1, -0.05) is 6.92 Å². The predicted molar refractivity (Wildman–Crippen MR) is 78.3 cm³/mol. The minimum absolute atomic E-state index is 0.139. The first-order valence-corrected chi connectivity index (χ1v) is 6.48. The third kappa shape index (κ3) is 4.79. The van der Waals surface area contributed by atoms with Crippen LogP contribution in [0.25, 0.3) is 0 Å². The number of carbonyl (C=O) groups excluding carboxylic acids is 3. The number of rotatable bonds is 6. The van der Waals surface area contributed by atoms with Gasteiger partial charge in [-0.25, -0.2) is 0 Å². The molecule has 0 aromatic heterocycles. The Hall–Kier alpha value is -2.57. The highest BCUT2D eigenvalue weighted by molar-refractivity contribution is 5.99. The van der Waals surface area contributed by atoms with Gasteiger partial charge in [-0.3, -0.25) is 14.4 Å². The molecule has 0 radical (unpaired) electrons. The molecule has 0 atom stereocenters. The highest BCUT2D eigenvalue weighted by Crippen LogP contribution is 2.25. The van der Waals surface area contributed by atoms with E-state index in [9.17, 15) is 14.4 Å². The predicted octanol–water partition coefficient (Wildman–Crippen LogP) is 0.519. The van der Waals surface area contributed by atoms with E-state index in [-0.39, 0.29) is 18.4 Å². The fraction of sp³-hybridized carbons (Fsp3) is 0.357. The Morgan fingerprint density at radius 2 is 1.90 bits per heavy atom. The summed E-state index contributed by atoms with van der Waals surface area (Å²) >= 11 is 0. The molecule has 21 heavy (non-hydrogen) atoms. The molecule has 114 valence electrons. The molecular formula is C14H19N3O4. The molecule has 7 heteroatoms. The van der Waals surface area contributed by atoms with Crippen molar-refractivity contribution in [2.45, 2.75) is 13.3 Å². The van der Waals surface area contributed by atoms with E-state index in [0.29, 0.717) is 23.4 Å². The summed E-state index contributed by atoms with van der Waals surface area (Å²) in [6.07, 6.45) is 0.308. The largest absolute Gasteiger partial charge is 0.495 e. The maximum atomic E-state index is 11.8. The minimum Gasteiger partial charge on any atom is -0.495 e. The van der Waals surface area contributed by atoms with Crippen LogP contribution in [0.1, 0.15) is 23.7 Å². The summed E-state index contributed by atoms with van der Waals surface area (Å²) in [7, 11) is 2.98. The number of benzene rings is 1. The van der Waals surface area contributed by atoms with Gasteiger partial charge >= 0.3 is 0 Å². The number of anilines is 1. The van der Waals surface area contributed by atoms with Crippen LogP contribution >= 0.6 is 0 Å². The standard InChI is InChI=1S/C14H19N3O4/c1-4-12(18)16-8-13(19)17-10-7-9(14(20)15-2)5-6-11(10)21-3/h5-7H,4,8H2,1-3H3,(H,15,20)(H,16,18)(H,17,19). The lowest BCUT2D eigenvalue weighted by Gasteiger charge is -2.12. The zero-order valence-electron chi connectivity index (χ0n) is 12.3. The molecule has 7 nitrogen and oxygen atoms in total. The van der Waals surface area contributed by atoms with Gasteiger partial charge in [-0.05, 0) is 18.2 Å². The van der Waals surface area contributed by atoms with Crippen molar-refractivity contribution in [1.82, 2.24) is 10.6 Å². The highest BCUT2D eigenvalue weighted by atomic mass is 16.5. The van der Waals surface area contributed by atoms with Gasteiger partial charge in [0.2, 0.25) is 11.8 Å². The van der Waals surface area contributed by atoms with Gasteiger partial charge in [0.1, 0.15) is 5.75 Å². The van der Waals surface area contributed by atoms with Crippen LogP contribution in [0.2, 0.25) is 0 Å². The van der Waals surface area contributed by atoms with Gasteiger partial charge in [0, 0.05) is 19.0 Å². The van der Waals surface area contributed by atoms with E-state index in [1.165, 1.54) is 20.2 Å². The van der Waals surface area contributed by atoms with Crippen LogP contribution in [-0.4, -0.2) is 38.4 Å². The number of amides is 3. The minimum atomic E-state index is -0.399. The Balaban J connectivity index is 2.82. The first-order valence-electron chi connectivity index (χ1n) is 6.48. The van der Waals surface area contributed by atoms with Crippen LogP contribution < -0.4 is 20.7 Å². The van der Waals surface area contributed by atoms with Crippen molar-refractivity contribution in [2.24, 2.45) is 0 Å². The van der Waals surface area contributed by atoms with Crippen molar-refractivity contribution in [1.29, 1.82) is 0 Å². The van der Waals surface area contributed by atoms with Crippen molar-refractivity contribution < 1.29 is 19.1 Å². The average molecular weight is 293 g/mol. The molecule has 0 fully saturated rings. The number of nitrogens with one attached hydrogen (secondary N) is 3. The fourth-order valence-corrected chi connectivity index (χ4v) is 1.59. The molecule has 0 saturated carbocycles. The molecule has 0 unspecified atom stereocenters. The first-order chi connectivity index (χ1) is 10.0. The first kappa shape index (κ1) is 16.5. The van der Waals surface area contributed by atoms with Crippen LogP contribution in [0.4, 0.5) is 5.69 Å². The number of ether oxygens (including phenoxy) is 1. The summed E-state index contributed by atoms with van der Waals surface area (Å²) in [6, 6.07) is 4.69. The molecule has 1 aromatic rings. The second kappa shape index (κ2) is 7.88. The third-order valence-electron chi connectivity index (χ3n) is 2.73.